The van der Waals surface area contributed by atoms with Crippen LogP contribution in [-0.4, -0.2) is 183 Å². The van der Waals surface area contributed by atoms with E-state index in [0.29, 0.717) is 73.7 Å². The Morgan fingerprint density at radius 2 is 0.490 bits per heavy atom. The second kappa shape index (κ2) is 44.2. The lowest BCUT2D eigenvalue weighted by atomic mass is 10.2. The monoisotopic (exact) mass is 1810 g/mol. The first-order valence-electron chi connectivity index (χ1n) is 30.1. The van der Waals surface area contributed by atoms with E-state index in [9.17, 15) is 108 Å². The lowest BCUT2D eigenvalue weighted by Gasteiger charge is -2.02. The number of hydrogen-bond donors (Lipinski definition) is 12. The van der Waals surface area contributed by atoms with Crippen LogP contribution in [0.3, 0.4) is 0 Å². The summed E-state index contributed by atoms with van der Waals surface area (Å²) in [4.78, 5) is 102. The van der Waals surface area contributed by atoms with Crippen molar-refractivity contribution in [2.75, 3.05) is 0 Å². The molecule has 32 nitrogen and oxygen atoms in total. The molecular formula is C60H82Br2Cl2F2I2N10O22. The number of alkyl halides is 8. The first-order valence-corrected chi connectivity index (χ1v) is 35.3. The minimum atomic E-state index is -1.28. The molecule has 0 aromatic carbocycles. The molecule has 0 amide bonds. The van der Waals surface area contributed by atoms with Gasteiger partial charge in [-0.3, -0.25) is 0 Å². The molecule has 0 aromatic rings. The molecule has 0 unspecified atom stereocenters. The van der Waals surface area contributed by atoms with Crippen LogP contribution in [0.5, 0.6) is 0 Å². The van der Waals surface area contributed by atoms with Crippen molar-refractivity contribution < 1.29 is 175 Å². The van der Waals surface area contributed by atoms with E-state index in [-0.39, 0.29) is 123 Å². The van der Waals surface area contributed by atoms with Gasteiger partial charge in [-0.25, -0.2) is 8.78 Å². The van der Waals surface area contributed by atoms with Crippen molar-refractivity contribution in [3.63, 3.8) is 0 Å². The number of halogens is 8. The standard InChI is InChI=1S/2C6H8BrNO2.2C6H8ClNO2.2C6H8FNO2.2C6H8INO2.2C6H9NO3/c10*7-4-1-3(6(9)10)2-5(4)8/h8*1,4-5H,2,8H2,(H,9,10);2*2,4-5,8H,1,7H2,(H,9,10)/t4-,5+;4-,5-;4-,5+;4-,5-;4-,5+;4-,5-;4-,5+;4-,5-;4-,5+;4-,5-/m1010101000/s1. The normalized spacial score (nSPS) is 32.0. The number of carboxylic acids is 10. The van der Waals surface area contributed by atoms with Crippen molar-refractivity contribution in [2.24, 2.45) is 0 Å². The summed E-state index contributed by atoms with van der Waals surface area (Å²) in [5.41, 5.74) is 38.9. The molecule has 40 heteroatoms. The predicted molar refractivity (Wildman–Crippen MR) is 346 cm³/mol. The Morgan fingerprint density at radius 3 is 0.590 bits per heavy atom. The molecule has 0 radical (unpaired) electrons. The number of carbonyl (C=O) groups is 10. The van der Waals surface area contributed by atoms with Gasteiger partial charge in [-0.1, -0.05) is 113 Å². The third-order valence-corrected chi connectivity index (χ3v) is 21.4. The fourth-order valence-corrected chi connectivity index (χ4v) is 12.3. The van der Waals surface area contributed by atoms with Crippen molar-refractivity contribution in [3.05, 3.63) is 116 Å². The summed E-state index contributed by atoms with van der Waals surface area (Å²) in [6.45, 7) is 0. The largest absolute Gasteiger partial charge is 0.545 e. The first kappa shape index (κ1) is 92.5. The van der Waals surface area contributed by atoms with Crippen LogP contribution < -0.4 is 108 Å². The van der Waals surface area contributed by atoms with Gasteiger partial charge in [-0.2, -0.15) is 0 Å². The van der Waals surface area contributed by atoms with E-state index in [1.807, 2.05) is 0 Å². The zero-order valence-electron chi connectivity index (χ0n) is 53.5. The van der Waals surface area contributed by atoms with Gasteiger partial charge in [0, 0.05) is 64.2 Å². The molecule has 0 saturated heterocycles. The third-order valence-electron chi connectivity index (χ3n) is 15.6. The second-order valence-corrected chi connectivity index (χ2v) is 30.0. The minimum absolute atomic E-state index is 0.0189. The third kappa shape index (κ3) is 32.4. The van der Waals surface area contributed by atoms with Crippen molar-refractivity contribution in [2.45, 2.75) is 177 Å². The molecule has 32 N–H and O–H groups in total. The zero-order chi connectivity index (χ0) is 77.2. The van der Waals surface area contributed by atoms with E-state index in [1.54, 1.807) is 24.3 Å². The zero-order valence-corrected chi connectivity index (χ0v) is 62.5. The lowest BCUT2D eigenvalue weighted by molar-refractivity contribution is -0.430. The summed E-state index contributed by atoms with van der Waals surface area (Å²) < 4.78 is 25.5. The first-order chi connectivity index (χ1) is 46.1. The van der Waals surface area contributed by atoms with Crippen LogP contribution in [0.1, 0.15) is 64.2 Å². The van der Waals surface area contributed by atoms with Gasteiger partial charge in [0.2, 0.25) is 0 Å². The quantitative estimate of drug-likeness (QED) is 0.0714. The van der Waals surface area contributed by atoms with Crippen molar-refractivity contribution in [1.29, 1.82) is 0 Å². The molecule has 10 rings (SSSR count). The highest BCUT2D eigenvalue weighted by molar-refractivity contribution is 14.1. The molecule has 0 aliphatic heterocycles. The van der Waals surface area contributed by atoms with Crippen LogP contribution in [0.25, 0.3) is 0 Å². The summed E-state index contributed by atoms with van der Waals surface area (Å²) in [5.74, 6) is -11.5. The number of aliphatic hydroxyl groups excluding tert-OH is 2. The summed E-state index contributed by atoms with van der Waals surface area (Å²) in [7, 11) is 0. The predicted octanol–water partition coefficient (Wildman–Crippen LogP) is -19.5. The summed E-state index contributed by atoms with van der Waals surface area (Å²) in [6.07, 6.45) is 14.5. The number of hydrogen-bond acceptors (Lipinski definition) is 22. The fourth-order valence-electron chi connectivity index (χ4n) is 9.47. The molecule has 0 aromatic heterocycles. The summed E-state index contributed by atoms with van der Waals surface area (Å²) in [6, 6.07) is -0.728. The Hall–Kier alpha value is -5.52. The van der Waals surface area contributed by atoms with Gasteiger partial charge >= 0.3 is 0 Å². The van der Waals surface area contributed by atoms with E-state index in [0.717, 1.165) is 12.2 Å². The maximum absolute atomic E-state index is 12.5. The highest BCUT2D eigenvalue weighted by atomic mass is 127. The van der Waals surface area contributed by atoms with E-state index in [1.165, 1.54) is 24.3 Å². The number of rotatable bonds is 10. The molecule has 10 aliphatic carbocycles. The molecule has 0 fully saturated rings. The van der Waals surface area contributed by atoms with Gasteiger partial charge in [0.15, 0.2) is 12.3 Å². The number of quaternary nitrogens is 10. The minimum Gasteiger partial charge on any atom is -0.545 e. The van der Waals surface area contributed by atoms with E-state index in [4.69, 9.17) is 33.4 Å². The van der Waals surface area contributed by atoms with Gasteiger partial charge in [0.05, 0.1) is 77.2 Å². The number of aliphatic carboxylic acids is 10. The van der Waals surface area contributed by atoms with Crippen LogP contribution >= 0.6 is 100 Å². The highest BCUT2D eigenvalue weighted by Gasteiger charge is 2.32. The van der Waals surface area contributed by atoms with Crippen LogP contribution in [0.15, 0.2) is 116 Å². The van der Waals surface area contributed by atoms with Gasteiger partial charge in [0.1, 0.15) is 83.4 Å². The van der Waals surface area contributed by atoms with Gasteiger partial charge in [-0.05, 0) is 80.0 Å². The van der Waals surface area contributed by atoms with Crippen LogP contribution in [0, 0.1) is 0 Å². The average molecular weight is 1820 g/mol. The number of aliphatic hydroxyl groups is 2. The molecular weight excluding hydrogens is 1740 g/mol. The molecule has 0 spiro atoms. The Bertz CT molecular complexity index is 2610. The van der Waals surface area contributed by atoms with Gasteiger partial charge in [-0.15, -0.1) is 23.2 Å². The topological polar surface area (TPSA) is 718 Å². The highest BCUT2D eigenvalue weighted by Crippen LogP contribution is 2.26. The number of carboxylic acid groups (broad SMARTS) is 10. The Labute approximate surface area is 624 Å². The molecule has 0 bridgehead atoms. The molecule has 560 valence electrons. The Morgan fingerprint density at radius 1 is 0.310 bits per heavy atom. The smallest absolute Gasteiger partial charge is 0.170 e. The number of carbonyl (C=O) groups excluding carboxylic acids is 10. The van der Waals surface area contributed by atoms with Gasteiger partial charge in [0.25, 0.3) is 0 Å². The van der Waals surface area contributed by atoms with Crippen molar-refractivity contribution in [1.82, 2.24) is 0 Å². The maximum atomic E-state index is 12.5. The van der Waals surface area contributed by atoms with Crippen LogP contribution in [-0.2, 0) is 47.9 Å². The van der Waals surface area contributed by atoms with E-state index < -0.39 is 96.3 Å². The van der Waals surface area contributed by atoms with E-state index >= 15 is 0 Å². The molecule has 20 atom stereocenters. The molecule has 0 saturated carbocycles. The van der Waals surface area contributed by atoms with Crippen molar-refractivity contribution in [3.8, 4) is 0 Å². The average Bonchev–Trinajstić information content (AvgIpc) is 1.95. The van der Waals surface area contributed by atoms with E-state index in [2.05, 4.69) is 134 Å². The SMILES string of the molecule is [NH3+][C@H]1CC(C(=O)[O-])=C[C@@H]1Br.[NH3+][C@H]1CC(C(=O)[O-])=C[C@@H]1Cl.[NH3+][C@H]1CC(C(=O)[O-])=C[C@@H]1F.[NH3+][C@H]1CC(C(=O)[O-])=C[C@@H]1I.[NH3+][C@H]1CC(C(=O)[O-])=C[C@@H]1O.[NH3+][C@H]1CC(C(=O)[O-])=C[C@H]1Br.[NH3+][C@H]1CC(C(=O)[O-])=C[C@H]1Cl.[NH3+][C@H]1CC(C(=O)[O-])=C[C@H]1F.[NH3+][C@H]1CC(C(=O)[O-])=C[C@H]1I.[NH3+][C@H]1CC(C(=O)[O-])=C[C@H]1O. The fraction of sp³-hybridized carbons (Fsp3) is 0.500. The maximum Gasteiger partial charge on any atom is 0.170 e. The van der Waals surface area contributed by atoms with Crippen LogP contribution in [0.4, 0.5) is 8.78 Å². The Kier molecular flexibility index (Phi) is 40.9. The van der Waals surface area contributed by atoms with Crippen molar-refractivity contribution >= 4 is 160 Å². The molecule has 100 heavy (non-hydrogen) atoms. The van der Waals surface area contributed by atoms with Gasteiger partial charge < -0.3 is 167 Å². The second-order valence-electron chi connectivity index (χ2n) is 24.0. The lowest BCUT2D eigenvalue weighted by Crippen LogP contribution is -2.64. The van der Waals surface area contributed by atoms with Crippen LogP contribution in [0.2, 0.25) is 0 Å². The summed E-state index contributed by atoms with van der Waals surface area (Å²) in [5, 5.41) is 120. The Balaban J connectivity index is 0.000000556. The molecule has 10 aliphatic rings. The summed E-state index contributed by atoms with van der Waals surface area (Å²) >= 11 is 22.3. The molecule has 0 heterocycles.